The van der Waals surface area contributed by atoms with Crippen molar-refractivity contribution >= 4 is 28.4 Å². The number of alkyl halides is 3. The molecule has 0 aliphatic carbocycles. The number of anilines is 2. The van der Waals surface area contributed by atoms with Crippen LogP contribution in [0, 0.1) is 0 Å². The van der Waals surface area contributed by atoms with Crippen molar-refractivity contribution in [2.45, 2.75) is 19.1 Å². The molecule has 0 unspecified atom stereocenters. The summed E-state index contributed by atoms with van der Waals surface area (Å²) >= 11 is 0. The Labute approximate surface area is 249 Å². The Morgan fingerprint density at radius 2 is 1.68 bits per heavy atom. The molecular formula is C31H29F3N6O4. The van der Waals surface area contributed by atoms with Crippen LogP contribution >= 0.6 is 0 Å². The number of nitrogens with zero attached hydrogens (tertiary/aromatic N) is 5. The van der Waals surface area contributed by atoms with Gasteiger partial charge in [-0.3, -0.25) is 9.69 Å². The standard InChI is InChI=1S/C31H29F3N6O4/c32-31(33,34)28-24-11-12-39(30(43)27(24)40(36-28)22-9-10-26-25(17-22)29(35)37-44-26)21-7-5-19(6-8-21)23-4-2-1-3-20(23)18-38(13-15-41)14-16-42/h1-10,17,41-42H,11-16,18H2,(H2,35,37). The van der Waals surface area contributed by atoms with Gasteiger partial charge >= 0.3 is 6.18 Å². The van der Waals surface area contributed by atoms with E-state index in [-0.39, 0.29) is 48.9 Å². The lowest BCUT2D eigenvalue weighted by molar-refractivity contribution is -0.141. The van der Waals surface area contributed by atoms with E-state index in [1.54, 1.807) is 12.1 Å². The first-order chi connectivity index (χ1) is 21.2. The Morgan fingerprint density at radius 3 is 2.39 bits per heavy atom. The number of benzene rings is 3. The highest BCUT2D eigenvalue weighted by Gasteiger charge is 2.43. The van der Waals surface area contributed by atoms with Gasteiger partial charge in [0, 0.05) is 37.4 Å². The molecule has 3 aromatic carbocycles. The quantitative estimate of drug-likeness (QED) is 0.227. The molecule has 3 heterocycles. The summed E-state index contributed by atoms with van der Waals surface area (Å²) in [4.78, 5) is 17.3. The first-order valence-electron chi connectivity index (χ1n) is 14.0. The van der Waals surface area contributed by atoms with E-state index in [1.165, 1.54) is 23.1 Å². The van der Waals surface area contributed by atoms with Crippen molar-refractivity contribution in [1.82, 2.24) is 19.8 Å². The third-order valence-electron chi connectivity index (χ3n) is 7.74. The summed E-state index contributed by atoms with van der Waals surface area (Å²) in [6.07, 6.45) is -4.79. The molecule has 13 heteroatoms. The highest BCUT2D eigenvalue weighted by molar-refractivity contribution is 6.08. The molecule has 5 aromatic rings. The van der Waals surface area contributed by atoms with Crippen LogP contribution in [0.1, 0.15) is 27.3 Å². The van der Waals surface area contributed by atoms with Crippen LogP contribution in [-0.4, -0.2) is 68.8 Å². The molecule has 1 amide bonds. The molecule has 0 spiro atoms. The fourth-order valence-corrected chi connectivity index (χ4v) is 5.65. The summed E-state index contributed by atoms with van der Waals surface area (Å²) in [6, 6.07) is 19.5. The van der Waals surface area contributed by atoms with Crippen LogP contribution in [0.25, 0.3) is 27.8 Å². The lowest BCUT2D eigenvalue weighted by Gasteiger charge is -2.28. The Kier molecular flexibility index (Phi) is 7.84. The van der Waals surface area contributed by atoms with Crippen LogP contribution in [-0.2, 0) is 19.1 Å². The number of nitrogens with two attached hydrogens (primary N) is 1. The summed E-state index contributed by atoms with van der Waals surface area (Å²) in [7, 11) is 0. The molecule has 0 bridgehead atoms. The maximum Gasteiger partial charge on any atom is 0.435 e. The predicted octanol–water partition coefficient (Wildman–Crippen LogP) is 4.27. The zero-order valence-corrected chi connectivity index (χ0v) is 23.5. The molecule has 0 fully saturated rings. The van der Waals surface area contributed by atoms with E-state index in [2.05, 4.69) is 10.3 Å². The van der Waals surface area contributed by atoms with Crippen molar-refractivity contribution in [3.63, 3.8) is 0 Å². The number of aromatic nitrogens is 3. The summed E-state index contributed by atoms with van der Waals surface area (Å²) in [6.45, 7) is 1.33. The number of nitrogen functional groups attached to an aromatic ring is 1. The van der Waals surface area contributed by atoms with E-state index in [0.29, 0.717) is 36.3 Å². The molecule has 1 aliphatic rings. The van der Waals surface area contributed by atoms with Crippen molar-refractivity contribution in [2.24, 2.45) is 0 Å². The number of carbonyl (C=O) groups is 1. The highest BCUT2D eigenvalue weighted by atomic mass is 19.4. The molecule has 6 rings (SSSR count). The Hall–Kier alpha value is -4.72. The summed E-state index contributed by atoms with van der Waals surface area (Å²) in [5.41, 5.74) is 8.38. The van der Waals surface area contributed by atoms with E-state index >= 15 is 0 Å². The second-order valence-corrected chi connectivity index (χ2v) is 10.5. The van der Waals surface area contributed by atoms with Gasteiger partial charge in [-0.05, 0) is 53.4 Å². The smallest absolute Gasteiger partial charge is 0.395 e. The van der Waals surface area contributed by atoms with Gasteiger partial charge in [-0.1, -0.05) is 41.6 Å². The maximum atomic E-state index is 14.0. The van der Waals surface area contributed by atoms with Gasteiger partial charge in [0.25, 0.3) is 5.91 Å². The van der Waals surface area contributed by atoms with E-state index in [9.17, 15) is 28.2 Å². The number of amides is 1. The summed E-state index contributed by atoms with van der Waals surface area (Å²) in [5.74, 6) is -0.535. The van der Waals surface area contributed by atoms with Gasteiger partial charge in [0.05, 0.1) is 24.3 Å². The zero-order valence-electron chi connectivity index (χ0n) is 23.5. The third kappa shape index (κ3) is 5.41. The Balaban J connectivity index is 1.34. The molecule has 44 heavy (non-hydrogen) atoms. The number of fused-ring (bicyclic) bond motifs is 2. The van der Waals surface area contributed by atoms with E-state index in [0.717, 1.165) is 21.4 Å². The first kappa shape index (κ1) is 29.4. The number of aliphatic hydroxyl groups excluding tert-OH is 2. The molecule has 2 aromatic heterocycles. The molecular weight excluding hydrogens is 577 g/mol. The van der Waals surface area contributed by atoms with Gasteiger partial charge in [0.2, 0.25) is 0 Å². The van der Waals surface area contributed by atoms with Crippen LogP contribution in [0.4, 0.5) is 24.7 Å². The minimum Gasteiger partial charge on any atom is -0.395 e. The lowest BCUT2D eigenvalue weighted by Crippen LogP contribution is -2.39. The van der Waals surface area contributed by atoms with Crippen LogP contribution < -0.4 is 10.6 Å². The first-order valence-corrected chi connectivity index (χ1v) is 14.0. The van der Waals surface area contributed by atoms with Gasteiger partial charge in [-0.15, -0.1) is 0 Å². The maximum absolute atomic E-state index is 14.0. The zero-order chi connectivity index (χ0) is 31.0. The summed E-state index contributed by atoms with van der Waals surface area (Å²) in [5, 5.41) is 26.8. The van der Waals surface area contributed by atoms with Crippen molar-refractivity contribution in [3.05, 3.63) is 89.2 Å². The minimum atomic E-state index is -4.75. The SMILES string of the molecule is Nc1noc2ccc(-n3nc(C(F)(F)F)c4c3C(=O)N(c3ccc(-c5ccccc5CN(CCO)CCO)cc3)CC4)cc12. The number of aliphatic hydroxyl groups is 2. The molecule has 0 saturated heterocycles. The lowest BCUT2D eigenvalue weighted by atomic mass is 9.98. The fraction of sp³-hybridized carbons (Fsp3) is 0.258. The van der Waals surface area contributed by atoms with Gasteiger partial charge in [0.15, 0.2) is 17.1 Å². The normalized spacial score (nSPS) is 13.7. The van der Waals surface area contributed by atoms with Gasteiger partial charge in [-0.2, -0.15) is 18.3 Å². The van der Waals surface area contributed by atoms with Crippen molar-refractivity contribution in [1.29, 1.82) is 0 Å². The molecule has 1 aliphatic heterocycles. The van der Waals surface area contributed by atoms with Crippen LogP contribution in [0.3, 0.4) is 0 Å². The van der Waals surface area contributed by atoms with E-state index in [1.807, 2.05) is 41.3 Å². The third-order valence-corrected chi connectivity index (χ3v) is 7.74. The van der Waals surface area contributed by atoms with Gasteiger partial charge in [-0.25, -0.2) is 4.68 Å². The van der Waals surface area contributed by atoms with Gasteiger partial charge < -0.3 is 25.4 Å². The number of hydrogen-bond donors (Lipinski definition) is 3. The largest absolute Gasteiger partial charge is 0.435 e. The number of rotatable bonds is 9. The second-order valence-electron chi connectivity index (χ2n) is 10.5. The predicted molar refractivity (Wildman–Crippen MR) is 157 cm³/mol. The fourth-order valence-electron chi connectivity index (χ4n) is 5.65. The molecule has 228 valence electrons. The van der Waals surface area contributed by atoms with Crippen LogP contribution in [0.2, 0.25) is 0 Å². The molecule has 10 nitrogen and oxygen atoms in total. The number of halogens is 3. The van der Waals surface area contributed by atoms with Crippen molar-refractivity contribution in [3.8, 4) is 16.8 Å². The highest BCUT2D eigenvalue weighted by Crippen LogP contribution is 2.38. The van der Waals surface area contributed by atoms with E-state index in [4.69, 9.17) is 10.3 Å². The number of carbonyl (C=O) groups excluding carboxylic acids is 1. The van der Waals surface area contributed by atoms with Crippen LogP contribution in [0.5, 0.6) is 0 Å². The monoisotopic (exact) mass is 606 g/mol. The second kappa shape index (κ2) is 11.8. The van der Waals surface area contributed by atoms with E-state index < -0.39 is 17.8 Å². The minimum absolute atomic E-state index is 0.0327. The molecule has 0 atom stereocenters. The Bertz CT molecular complexity index is 1810. The molecule has 0 radical (unpaired) electrons. The summed E-state index contributed by atoms with van der Waals surface area (Å²) < 4.78 is 48.3. The topological polar surface area (TPSA) is 134 Å². The average molecular weight is 607 g/mol. The van der Waals surface area contributed by atoms with Gasteiger partial charge in [0.1, 0.15) is 5.69 Å². The molecule has 0 saturated carbocycles. The Morgan fingerprint density at radius 1 is 0.977 bits per heavy atom. The van der Waals surface area contributed by atoms with Crippen molar-refractivity contribution in [2.75, 3.05) is 43.5 Å². The number of hydrogen-bond acceptors (Lipinski definition) is 8. The average Bonchev–Trinajstić information content (AvgIpc) is 3.59. The van der Waals surface area contributed by atoms with Crippen LogP contribution in [0.15, 0.2) is 71.3 Å². The molecule has 4 N–H and O–H groups in total. The van der Waals surface area contributed by atoms with Crippen molar-refractivity contribution < 1.29 is 32.7 Å².